The minimum atomic E-state index is -0.875. The van der Waals surface area contributed by atoms with Gasteiger partial charge in [-0.2, -0.15) is 0 Å². The van der Waals surface area contributed by atoms with Gasteiger partial charge >= 0.3 is 5.97 Å². The Morgan fingerprint density at radius 3 is 2.72 bits per heavy atom. The quantitative estimate of drug-likeness (QED) is 0.711. The summed E-state index contributed by atoms with van der Waals surface area (Å²) < 4.78 is 0. The molecule has 4 N–H and O–H groups in total. The molecule has 0 saturated heterocycles. The van der Waals surface area contributed by atoms with Crippen LogP contribution in [0.2, 0.25) is 5.02 Å². The van der Waals surface area contributed by atoms with Crippen LogP contribution in [0.25, 0.3) is 0 Å². The Bertz CT molecular complexity index is 463. The molecule has 98 valence electrons. The van der Waals surface area contributed by atoms with E-state index in [0.717, 1.165) is 0 Å². The SMILES string of the molecule is CC(CCNC(=O)c1ccc(Cl)c(N)c1)C(=O)O. The van der Waals surface area contributed by atoms with Crippen LogP contribution in [0.5, 0.6) is 0 Å². The van der Waals surface area contributed by atoms with Gasteiger partial charge in [0.1, 0.15) is 0 Å². The van der Waals surface area contributed by atoms with Crippen LogP contribution in [0.15, 0.2) is 18.2 Å². The van der Waals surface area contributed by atoms with E-state index >= 15 is 0 Å². The van der Waals surface area contributed by atoms with Crippen molar-refractivity contribution in [3.05, 3.63) is 28.8 Å². The molecule has 1 atom stereocenters. The van der Waals surface area contributed by atoms with Gasteiger partial charge in [-0.25, -0.2) is 0 Å². The molecule has 0 fully saturated rings. The lowest BCUT2D eigenvalue weighted by Gasteiger charge is -2.08. The molecule has 0 saturated carbocycles. The molecule has 18 heavy (non-hydrogen) atoms. The molecule has 1 aromatic carbocycles. The highest BCUT2D eigenvalue weighted by Gasteiger charge is 2.12. The number of hydrogen-bond acceptors (Lipinski definition) is 3. The number of benzene rings is 1. The lowest BCUT2D eigenvalue weighted by atomic mass is 10.1. The topological polar surface area (TPSA) is 92.4 Å². The van der Waals surface area contributed by atoms with E-state index in [-0.39, 0.29) is 5.91 Å². The Labute approximate surface area is 110 Å². The summed E-state index contributed by atoms with van der Waals surface area (Å²) in [6, 6.07) is 4.60. The Kier molecular flexibility index (Phi) is 4.97. The van der Waals surface area contributed by atoms with Crippen LogP contribution in [-0.4, -0.2) is 23.5 Å². The molecule has 1 rings (SSSR count). The average Bonchev–Trinajstić information content (AvgIpc) is 2.32. The molecule has 1 amide bonds. The maximum Gasteiger partial charge on any atom is 0.306 e. The van der Waals surface area contributed by atoms with E-state index < -0.39 is 11.9 Å². The number of halogens is 1. The number of carbonyl (C=O) groups is 2. The summed E-state index contributed by atoms with van der Waals surface area (Å²) in [6.45, 7) is 1.89. The van der Waals surface area contributed by atoms with E-state index in [4.69, 9.17) is 22.4 Å². The highest BCUT2D eigenvalue weighted by molar-refractivity contribution is 6.33. The molecule has 0 aliphatic carbocycles. The van der Waals surface area contributed by atoms with Gasteiger partial charge in [0.25, 0.3) is 5.91 Å². The Balaban J connectivity index is 2.50. The molecule has 0 heterocycles. The van der Waals surface area contributed by atoms with E-state index in [1.807, 2.05) is 0 Å². The smallest absolute Gasteiger partial charge is 0.306 e. The molecular formula is C12H15ClN2O3. The number of nitrogen functional groups attached to an aromatic ring is 1. The predicted octanol–water partition coefficient (Wildman–Crippen LogP) is 1.76. The molecule has 0 radical (unpaired) electrons. The third-order valence-corrected chi connectivity index (χ3v) is 2.89. The van der Waals surface area contributed by atoms with Gasteiger partial charge in [0.2, 0.25) is 0 Å². The fraction of sp³-hybridized carbons (Fsp3) is 0.333. The zero-order chi connectivity index (χ0) is 13.7. The third-order valence-electron chi connectivity index (χ3n) is 2.54. The summed E-state index contributed by atoms with van der Waals surface area (Å²) in [4.78, 5) is 22.3. The van der Waals surface area contributed by atoms with Crippen molar-refractivity contribution in [1.29, 1.82) is 0 Å². The van der Waals surface area contributed by atoms with Gasteiger partial charge in [-0.05, 0) is 24.6 Å². The van der Waals surface area contributed by atoms with Gasteiger partial charge in [0, 0.05) is 12.1 Å². The molecular weight excluding hydrogens is 256 g/mol. The zero-order valence-corrected chi connectivity index (χ0v) is 10.7. The van der Waals surface area contributed by atoms with Crippen LogP contribution in [0, 0.1) is 5.92 Å². The zero-order valence-electron chi connectivity index (χ0n) is 9.94. The van der Waals surface area contributed by atoms with Crippen LogP contribution in [0.4, 0.5) is 5.69 Å². The molecule has 0 aliphatic rings. The Morgan fingerprint density at radius 2 is 2.17 bits per heavy atom. The number of rotatable bonds is 5. The highest BCUT2D eigenvalue weighted by Crippen LogP contribution is 2.19. The maximum absolute atomic E-state index is 11.7. The molecule has 0 bridgehead atoms. The lowest BCUT2D eigenvalue weighted by Crippen LogP contribution is -2.27. The van der Waals surface area contributed by atoms with Crippen molar-refractivity contribution < 1.29 is 14.7 Å². The van der Waals surface area contributed by atoms with Gasteiger partial charge in [-0.1, -0.05) is 18.5 Å². The van der Waals surface area contributed by atoms with Crippen molar-refractivity contribution >= 4 is 29.2 Å². The molecule has 1 aromatic rings. The van der Waals surface area contributed by atoms with Crippen molar-refractivity contribution in [2.24, 2.45) is 5.92 Å². The van der Waals surface area contributed by atoms with E-state index in [9.17, 15) is 9.59 Å². The Hall–Kier alpha value is -1.75. The van der Waals surface area contributed by atoms with Gasteiger partial charge in [0.05, 0.1) is 16.6 Å². The molecule has 5 nitrogen and oxygen atoms in total. The van der Waals surface area contributed by atoms with Crippen LogP contribution in [-0.2, 0) is 4.79 Å². The number of carboxylic acid groups (broad SMARTS) is 1. The summed E-state index contributed by atoms with van der Waals surface area (Å²) in [5.41, 5.74) is 6.32. The van der Waals surface area contributed by atoms with Crippen LogP contribution in [0.3, 0.4) is 0 Å². The molecule has 0 aliphatic heterocycles. The summed E-state index contributed by atoms with van der Waals surface area (Å²) in [5.74, 6) is -1.66. The molecule has 6 heteroatoms. The second-order valence-corrected chi connectivity index (χ2v) is 4.43. The summed E-state index contributed by atoms with van der Waals surface area (Å²) in [6.07, 6.45) is 0.379. The van der Waals surface area contributed by atoms with Gasteiger partial charge in [0.15, 0.2) is 0 Å². The second-order valence-electron chi connectivity index (χ2n) is 4.02. The predicted molar refractivity (Wildman–Crippen MR) is 69.6 cm³/mol. The van der Waals surface area contributed by atoms with Crippen molar-refractivity contribution in [3.8, 4) is 0 Å². The average molecular weight is 271 g/mol. The van der Waals surface area contributed by atoms with Crippen molar-refractivity contribution in [2.45, 2.75) is 13.3 Å². The molecule has 0 aromatic heterocycles. The lowest BCUT2D eigenvalue weighted by molar-refractivity contribution is -0.141. The van der Waals surface area contributed by atoms with Gasteiger partial charge in [-0.3, -0.25) is 9.59 Å². The van der Waals surface area contributed by atoms with E-state index in [2.05, 4.69) is 5.32 Å². The van der Waals surface area contributed by atoms with Crippen molar-refractivity contribution in [1.82, 2.24) is 5.32 Å². The first-order valence-corrected chi connectivity index (χ1v) is 5.85. The number of aliphatic carboxylic acids is 1. The van der Waals surface area contributed by atoms with Crippen molar-refractivity contribution in [2.75, 3.05) is 12.3 Å². The minimum Gasteiger partial charge on any atom is -0.481 e. The van der Waals surface area contributed by atoms with Crippen molar-refractivity contribution in [3.63, 3.8) is 0 Å². The summed E-state index contributed by atoms with van der Waals surface area (Å²) >= 11 is 5.74. The highest BCUT2D eigenvalue weighted by atomic mass is 35.5. The number of carbonyl (C=O) groups excluding carboxylic acids is 1. The van der Waals surface area contributed by atoms with Crippen LogP contribution in [0.1, 0.15) is 23.7 Å². The summed E-state index contributed by atoms with van der Waals surface area (Å²) in [7, 11) is 0. The van der Waals surface area contributed by atoms with Crippen LogP contribution >= 0.6 is 11.6 Å². The van der Waals surface area contributed by atoms with E-state index in [0.29, 0.717) is 29.2 Å². The minimum absolute atomic E-state index is 0.295. The number of nitrogens with one attached hydrogen (secondary N) is 1. The fourth-order valence-corrected chi connectivity index (χ4v) is 1.43. The van der Waals surface area contributed by atoms with E-state index in [1.54, 1.807) is 19.1 Å². The normalized spacial score (nSPS) is 11.9. The standard InChI is InChI=1S/C12H15ClN2O3/c1-7(12(17)18)4-5-15-11(16)8-2-3-9(13)10(14)6-8/h2-3,6-7H,4-5,14H2,1H3,(H,15,16)(H,17,18). The first-order chi connectivity index (χ1) is 8.41. The fourth-order valence-electron chi connectivity index (χ4n) is 1.31. The van der Waals surface area contributed by atoms with Gasteiger partial charge < -0.3 is 16.2 Å². The largest absolute Gasteiger partial charge is 0.481 e. The molecule has 1 unspecified atom stereocenters. The molecule has 0 spiro atoms. The number of nitrogens with two attached hydrogens (primary N) is 1. The third kappa shape index (κ3) is 3.92. The first kappa shape index (κ1) is 14.3. The second kappa shape index (κ2) is 6.26. The summed E-state index contributed by atoms with van der Waals surface area (Å²) in [5, 5.41) is 11.7. The van der Waals surface area contributed by atoms with Crippen LogP contribution < -0.4 is 11.1 Å². The first-order valence-electron chi connectivity index (χ1n) is 5.48. The Morgan fingerprint density at radius 1 is 1.50 bits per heavy atom. The number of hydrogen-bond donors (Lipinski definition) is 3. The monoisotopic (exact) mass is 270 g/mol. The maximum atomic E-state index is 11.7. The number of anilines is 1. The number of carboxylic acids is 1. The van der Waals surface area contributed by atoms with Gasteiger partial charge in [-0.15, -0.1) is 0 Å². The van der Waals surface area contributed by atoms with E-state index in [1.165, 1.54) is 6.07 Å². The number of amides is 1.